The lowest BCUT2D eigenvalue weighted by molar-refractivity contribution is 0.153. The summed E-state index contributed by atoms with van der Waals surface area (Å²) in [5.74, 6) is 6.34. The van der Waals surface area contributed by atoms with E-state index in [1.807, 2.05) is 29.7 Å². The molecule has 0 spiro atoms. The van der Waals surface area contributed by atoms with E-state index in [1.165, 1.54) is 4.31 Å². The van der Waals surface area contributed by atoms with Crippen molar-refractivity contribution >= 4 is 15.7 Å². The van der Waals surface area contributed by atoms with E-state index in [-0.39, 0.29) is 5.75 Å². The number of benzene rings is 1. The van der Waals surface area contributed by atoms with E-state index in [2.05, 4.69) is 23.7 Å². The average Bonchev–Trinajstić information content (AvgIpc) is 2.72. The molecule has 1 unspecified atom stereocenters. The smallest absolute Gasteiger partial charge is 0.216 e. The molecule has 1 aliphatic heterocycles. The number of unbranched alkanes of at least 4 members (excludes halogenated alkanes) is 3. The molecular weight excluding hydrogens is 378 g/mol. The van der Waals surface area contributed by atoms with Crippen LogP contribution in [0.15, 0.2) is 24.3 Å². The van der Waals surface area contributed by atoms with E-state index in [0.717, 1.165) is 30.7 Å². The van der Waals surface area contributed by atoms with Crippen LogP contribution in [0.1, 0.15) is 32.6 Å². The highest BCUT2D eigenvalue weighted by molar-refractivity contribution is 7.89. The summed E-state index contributed by atoms with van der Waals surface area (Å²) >= 11 is 0. The predicted octanol–water partition coefficient (Wildman–Crippen LogP) is 2.08. The molecule has 0 saturated carbocycles. The number of ether oxygens (including phenoxy) is 1. The number of methoxy groups -OCH3 is 1. The van der Waals surface area contributed by atoms with Gasteiger partial charge in [0.1, 0.15) is 11.8 Å². The van der Waals surface area contributed by atoms with Gasteiger partial charge in [-0.15, -0.1) is 5.92 Å². The first-order valence-electron chi connectivity index (χ1n) is 9.75. The minimum Gasteiger partial charge on any atom is -0.497 e. The number of sulfonamides is 1. The number of anilines is 1. The fourth-order valence-electron chi connectivity index (χ4n) is 3.12. The van der Waals surface area contributed by atoms with Crippen molar-refractivity contribution in [1.29, 1.82) is 0 Å². The molecule has 2 rings (SSSR count). The van der Waals surface area contributed by atoms with E-state index in [1.54, 1.807) is 7.11 Å². The number of hydrogen-bond donors (Lipinski definition) is 2. The molecule has 1 saturated heterocycles. The van der Waals surface area contributed by atoms with Gasteiger partial charge in [0.05, 0.1) is 12.9 Å². The summed E-state index contributed by atoms with van der Waals surface area (Å²) in [4.78, 5) is 2.14. The van der Waals surface area contributed by atoms with Gasteiger partial charge in [-0.2, -0.15) is 9.79 Å². The fourth-order valence-corrected chi connectivity index (χ4v) is 4.63. The Labute approximate surface area is 168 Å². The number of nitrogens with zero attached hydrogens (tertiary/aromatic N) is 2. The highest BCUT2D eigenvalue weighted by atomic mass is 32.2. The second kappa shape index (κ2) is 11.3. The molecule has 7 nitrogen and oxygen atoms in total. The first kappa shape index (κ1) is 22.5. The molecule has 1 aromatic rings. The van der Waals surface area contributed by atoms with E-state index >= 15 is 0 Å². The average molecular weight is 410 g/mol. The van der Waals surface area contributed by atoms with Crippen LogP contribution in [0.3, 0.4) is 0 Å². The monoisotopic (exact) mass is 409 g/mol. The Kier molecular flexibility index (Phi) is 9.06. The molecule has 0 bridgehead atoms. The molecule has 1 atom stereocenters. The van der Waals surface area contributed by atoms with Crippen molar-refractivity contribution < 1.29 is 18.4 Å². The summed E-state index contributed by atoms with van der Waals surface area (Å²) in [5.41, 5.74) is 3.05. The highest BCUT2D eigenvalue weighted by Crippen LogP contribution is 2.22. The van der Waals surface area contributed by atoms with Gasteiger partial charge in [-0.05, 0) is 18.6 Å². The topological polar surface area (TPSA) is 82.1 Å². The Bertz CT molecular complexity index is 765. The summed E-state index contributed by atoms with van der Waals surface area (Å²) in [6.07, 6.45) is 3.91. The molecule has 8 heteroatoms. The third-order valence-electron chi connectivity index (χ3n) is 4.77. The van der Waals surface area contributed by atoms with Gasteiger partial charge in [-0.3, -0.25) is 0 Å². The van der Waals surface area contributed by atoms with Crippen LogP contribution in [-0.2, 0) is 10.0 Å². The van der Waals surface area contributed by atoms with Crippen molar-refractivity contribution in [2.75, 3.05) is 43.9 Å². The maximum Gasteiger partial charge on any atom is 0.216 e. The van der Waals surface area contributed by atoms with Crippen molar-refractivity contribution in [3.63, 3.8) is 0 Å². The van der Waals surface area contributed by atoms with E-state index in [4.69, 9.17) is 4.74 Å². The number of rotatable bonds is 9. The minimum atomic E-state index is -3.50. The summed E-state index contributed by atoms with van der Waals surface area (Å²) < 4.78 is 32.1. The number of hydrogen-bond acceptors (Lipinski definition) is 6. The van der Waals surface area contributed by atoms with Gasteiger partial charge in [0, 0.05) is 44.4 Å². The van der Waals surface area contributed by atoms with Crippen molar-refractivity contribution in [3.05, 3.63) is 24.3 Å². The Hall–Kier alpha value is -1.79. The third kappa shape index (κ3) is 6.67. The first-order valence-corrected chi connectivity index (χ1v) is 11.4. The molecule has 0 aliphatic carbocycles. The molecule has 2 N–H and O–H groups in total. The molecule has 28 heavy (non-hydrogen) atoms. The molecule has 1 fully saturated rings. The molecule has 1 aliphatic rings. The molecule has 1 heterocycles. The quantitative estimate of drug-likeness (QED) is 0.369. The highest BCUT2D eigenvalue weighted by Gasteiger charge is 2.29. The first-order chi connectivity index (χ1) is 13.5. The normalized spacial score (nSPS) is 16.3. The zero-order valence-corrected chi connectivity index (χ0v) is 17.5. The van der Waals surface area contributed by atoms with Gasteiger partial charge in [-0.25, -0.2) is 8.42 Å². The summed E-state index contributed by atoms with van der Waals surface area (Å²) in [6, 6.07) is 6.98. The standard InChI is InChI=1S/C20H31N3O4S/c1-3-4-5-6-7-9-18(21-24)17-28(25,26)23-14-12-22(13-15-23)19-10-8-11-20(16-19)27-2/h8,10-11,16,18,21,24H,3-6,12-15,17H2,1-2H3. The molecular formula is C20H31N3O4S. The van der Waals surface area contributed by atoms with Gasteiger partial charge >= 0.3 is 0 Å². The second-order valence-corrected chi connectivity index (χ2v) is 8.84. The lowest BCUT2D eigenvalue weighted by Crippen LogP contribution is -2.51. The Morgan fingerprint density at radius 3 is 2.64 bits per heavy atom. The maximum atomic E-state index is 12.7. The zero-order chi connectivity index (χ0) is 20.4. The van der Waals surface area contributed by atoms with E-state index in [0.29, 0.717) is 32.6 Å². The summed E-state index contributed by atoms with van der Waals surface area (Å²) in [6.45, 7) is 4.13. The fraction of sp³-hybridized carbons (Fsp3) is 0.600. The summed E-state index contributed by atoms with van der Waals surface area (Å²) in [5, 5.41) is 9.27. The number of nitrogens with one attached hydrogen (secondary N) is 1. The van der Waals surface area contributed by atoms with Crippen LogP contribution in [-0.4, -0.2) is 63.0 Å². The Morgan fingerprint density at radius 2 is 2.00 bits per heavy atom. The van der Waals surface area contributed by atoms with Crippen LogP contribution in [0.2, 0.25) is 0 Å². The minimum absolute atomic E-state index is 0.233. The van der Waals surface area contributed by atoms with E-state index in [9.17, 15) is 13.6 Å². The van der Waals surface area contributed by atoms with Gasteiger partial charge < -0.3 is 14.8 Å². The Morgan fingerprint density at radius 1 is 1.25 bits per heavy atom. The molecule has 0 radical (unpaired) electrons. The molecule has 1 aromatic carbocycles. The van der Waals surface area contributed by atoms with Crippen LogP contribution >= 0.6 is 0 Å². The van der Waals surface area contributed by atoms with Crippen molar-refractivity contribution in [2.24, 2.45) is 0 Å². The lowest BCUT2D eigenvalue weighted by Gasteiger charge is -2.35. The van der Waals surface area contributed by atoms with Crippen LogP contribution in [0.5, 0.6) is 5.75 Å². The predicted molar refractivity (Wildman–Crippen MR) is 111 cm³/mol. The lowest BCUT2D eigenvalue weighted by atomic mass is 10.2. The van der Waals surface area contributed by atoms with Crippen LogP contribution in [0.25, 0.3) is 0 Å². The van der Waals surface area contributed by atoms with Gasteiger partial charge in [0.2, 0.25) is 10.0 Å². The van der Waals surface area contributed by atoms with Crippen LogP contribution in [0, 0.1) is 11.8 Å². The largest absolute Gasteiger partial charge is 0.497 e. The van der Waals surface area contributed by atoms with Gasteiger partial charge in [0.15, 0.2) is 0 Å². The number of hydroxylamine groups is 1. The maximum absolute atomic E-state index is 12.7. The van der Waals surface area contributed by atoms with Gasteiger partial charge in [0.25, 0.3) is 0 Å². The van der Waals surface area contributed by atoms with Crippen molar-refractivity contribution in [2.45, 2.75) is 38.6 Å². The van der Waals surface area contributed by atoms with Gasteiger partial charge in [-0.1, -0.05) is 31.8 Å². The van der Waals surface area contributed by atoms with Crippen molar-refractivity contribution in [3.8, 4) is 17.6 Å². The Balaban J connectivity index is 1.90. The second-order valence-electron chi connectivity index (χ2n) is 6.83. The van der Waals surface area contributed by atoms with Crippen molar-refractivity contribution in [1.82, 2.24) is 9.79 Å². The van der Waals surface area contributed by atoms with E-state index < -0.39 is 16.1 Å². The zero-order valence-electron chi connectivity index (χ0n) is 16.7. The SMILES string of the molecule is CCCCCC#CC(CS(=O)(=O)N1CCN(c2cccc(OC)c2)CC1)NO. The van der Waals surface area contributed by atoms with Crippen LogP contribution in [0.4, 0.5) is 5.69 Å². The number of piperazine rings is 1. The molecule has 156 valence electrons. The molecule has 0 amide bonds. The molecule has 0 aromatic heterocycles. The third-order valence-corrected chi connectivity index (χ3v) is 6.67. The summed E-state index contributed by atoms with van der Waals surface area (Å²) in [7, 11) is -1.88. The van der Waals surface area contributed by atoms with Crippen LogP contribution < -0.4 is 15.1 Å².